The van der Waals surface area contributed by atoms with Crippen molar-refractivity contribution in [1.82, 2.24) is 0 Å². The standard InChI is InChI=1S/C21H40/c1-2-6-10-15-20(14-9-5-1)18-13-19-21-16-11-7-3-4-8-12-17-21/h20-21H,1-19H2. The lowest BCUT2D eigenvalue weighted by molar-refractivity contribution is 0.339. The van der Waals surface area contributed by atoms with Crippen LogP contribution in [0.25, 0.3) is 0 Å². The van der Waals surface area contributed by atoms with Gasteiger partial charge in [-0.25, -0.2) is 0 Å². The van der Waals surface area contributed by atoms with Crippen LogP contribution in [0.5, 0.6) is 0 Å². The molecule has 0 N–H and O–H groups in total. The van der Waals surface area contributed by atoms with Gasteiger partial charge in [-0.2, -0.15) is 0 Å². The van der Waals surface area contributed by atoms with Gasteiger partial charge in [0.15, 0.2) is 0 Å². The lowest BCUT2D eigenvalue weighted by Gasteiger charge is -2.19. The van der Waals surface area contributed by atoms with E-state index in [1.807, 2.05) is 0 Å². The van der Waals surface area contributed by atoms with Crippen LogP contribution in [0.15, 0.2) is 0 Å². The Morgan fingerprint density at radius 3 is 1.00 bits per heavy atom. The highest BCUT2D eigenvalue weighted by atomic mass is 14.2. The molecule has 0 aliphatic heterocycles. The second kappa shape index (κ2) is 11.6. The van der Waals surface area contributed by atoms with Gasteiger partial charge in [0.1, 0.15) is 0 Å². The number of hydrogen-bond acceptors (Lipinski definition) is 0. The summed E-state index contributed by atoms with van der Waals surface area (Å²) in [6, 6.07) is 0. The van der Waals surface area contributed by atoms with E-state index in [1.54, 1.807) is 38.5 Å². The summed E-state index contributed by atoms with van der Waals surface area (Å²) in [6.07, 6.45) is 29.0. The molecule has 0 heterocycles. The maximum absolute atomic E-state index is 1.55. The van der Waals surface area contributed by atoms with Crippen LogP contribution in [0.4, 0.5) is 0 Å². The van der Waals surface area contributed by atoms with Crippen molar-refractivity contribution in [3.05, 3.63) is 0 Å². The summed E-state index contributed by atoms with van der Waals surface area (Å²) in [6.45, 7) is 0. The van der Waals surface area contributed by atoms with Gasteiger partial charge in [-0.3, -0.25) is 0 Å². The minimum atomic E-state index is 1.08. The predicted octanol–water partition coefficient (Wildman–Crippen LogP) is 7.66. The van der Waals surface area contributed by atoms with E-state index in [1.165, 1.54) is 83.5 Å². The molecule has 0 heteroatoms. The Labute approximate surface area is 134 Å². The minimum absolute atomic E-state index is 1.08. The second-order valence-corrected chi connectivity index (χ2v) is 8.06. The fourth-order valence-corrected chi connectivity index (χ4v) is 4.71. The average molecular weight is 293 g/mol. The van der Waals surface area contributed by atoms with Crippen molar-refractivity contribution in [2.24, 2.45) is 11.8 Å². The van der Waals surface area contributed by atoms with Gasteiger partial charge >= 0.3 is 0 Å². The summed E-state index contributed by atoms with van der Waals surface area (Å²) in [5, 5.41) is 0. The quantitative estimate of drug-likeness (QED) is 0.499. The van der Waals surface area contributed by atoms with E-state index in [0.29, 0.717) is 0 Å². The SMILES string of the molecule is C1CCCCC(CCCC2CCCCCCCC2)CCC1. The molecular formula is C21H40. The summed E-state index contributed by atoms with van der Waals surface area (Å²) >= 11 is 0. The van der Waals surface area contributed by atoms with E-state index in [4.69, 9.17) is 0 Å². The maximum Gasteiger partial charge on any atom is -0.0414 e. The van der Waals surface area contributed by atoms with Gasteiger partial charge in [0, 0.05) is 0 Å². The smallest absolute Gasteiger partial charge is 0.0414 e. The Balaban J connectivity index is 1.61. The lowest BCUT2D eigenvalue weighted by atomic mass is 9.87. The van der Waals surface area contributed by atoms with Crippen LogP contribution in [-0.4, -0.2) is 0 Å². The van der Waals surface area contributed by atoms with E-state index < -0.39 is 0 Å². The molecule has 124 valence electrons. The predicted molar refractivity (Wildman–Crippen MR) is 94.7 cm³/mol. The van der Waals surface area contributed by atoms with Crippen LogP contribution >= 0.6 is 0 Å². The molecule has 0 spiro atoms. The van der Waals surface area contributed by atoms with Gasteiger partial charge in [0.25, 0.3) is 0 Å². The van der Waals surface area contributed by atoms with Gasteiger partial charge in [-0.1, -0.05) is 122 Å². The van der Waals surface area contributed by atoms with Gasteiger partial charge in [0.05, 0.1) is 0 Å². The fourth-order valence-electron chi connectivity index (χ4n) is 4.71. The van der Waals surface area contributed by atoms with Crippen molar-refractivity contribution < 1.29 is 0 Å². The Kier molecular flexibility index (Phi) is 9.55. The maximum atomic E-state index is 1.55. The molecule has 2 aliphatic carbocycles. The molecule has 0 radical (unpaired) electrons. The van der Waals surface area contributed by atoms with Gasteiger partial charge in [0.2, 0.25) is 0 Å². The third-order valence-corrected chi connectivity index (χ3v) is 6.17. The summed E-state index contributed by atoms with van der Waals surface area (Å²) < 4.78 is 0. The Morgan fingerprint density at radius 1 is 0.381 bits per heavy atom. The molecule has 0 amide bonds. The molecule has 0 unspecified atom stereocenters. The van der Waals surface area contributed by atoms with Gasteiger partial charge < -0.3 is 0 Å². The Morgan fingerprint density at radius 2 is 0.667 bits per heavy atom. The fraction of sp³-hybridized carbons (Fsp3) is 1.00. The van der Waals surface area contributed by atoms with Crippen LogP contribution in [0.3, 0.4) is 0 Å². The zero-order chi connectivity index (χ0) is 14.6. The third-order valence-electron chi connectivity index (χ3n) is 6.17. The molecule has 0 aromatic heterocycles. The Bertz CT molecular complexity index is 188. The summed E-state index contributed by atoms with van der Waals surface area (Å²) in [5.41, 5.74) is 0. The largest absolute Gasteiger partial charge is 0.0533 e. The van der Waals surface area contributed by atoms with E-state index >= 15 is 0 Å². The van der Waals surface area contributed by atoms with Crippen molar-refractivity contribution in [3.8, 4) is 0 Å². The lowest BCUT2D eigenvalue weighted by Crippen LogP contribution is -2.04. The highest BCUT2D eigenvalue weighted by Gasteiger charge is 2.14. The van der Waals surface area contributed by atoms with E-state index in [2.05, 4.69) is 0 Å². The summed E-state index contributed by atoms with van der Waals surface area (Å²) in [4.78, 5) is 0. The van der Waals surface area contributed by atoms with Gasteiger partial charge in [-0.15, -0.1) is 0 Å². The molecular weight excluding hydrogens is 252 g/mol. The van der Waals surface area contributed by atoms with Crippen LogP contribution in [0.1, 0.15) is 122 Å². The molecule has 0 aromatic carbocycles. The average Bonchev–Trinajstić information content (AvgIpc) is 2.71. The third kappa shape index (κ3) is 8.27. The zero-order valence-electron chi connectivity index (χ0n) is 14.6. The monoisotopic (exact) mass is 292 g/mol. The molecule has 2 saturated carbocycles. The second-order valence-electron chi connectivity index (χ2n) is 8.06. The molecule has 0 bridgehead atoms. The van der Waals surface area contributed by atoms with Crippen LogP contribution < -0.4 is 0 Å². The van der Waals surface area contributed by atoms with Crippen LogP contribution in [0.2, 0.25) is 0 Å². The molecule has 0 saturated heterocycles. The van der Waals surface area contributed by atoms with Crippen molar-refractivity contribution in [1.29, 1.82) is 0 Å². The van der Waals surface area contributed by atoms with E-state index in [0.717, 1.165) is 11.8 Å². The van der Waals surface area contributed by atoms with E-state index in [9.17, 15) is 0 Å². The molecule has 21 heavy (non-hydrogen) atoms. The molecule has 2 aliphatic rings. The highest BCUT2D eigenvalue weighted by molar-refractivity contribution is 4.67. The first-order valence-corrected chi connectivity index (χ1v) is 10.4. The summed E-state index contributed by atoms with van der Waals surface area (Å²) in [5.74, 6) is 2.17. The molecule has 0 nitrogen and oxygen atoms in total. The van der Waals surface area contributed by atoms with Crippen molar-refractivity contribution in [3.63, 3.8) is 0 Å². The normalized spacial score (nSPS) is 25.1. The van der Waals surface area contributed by atoms with Crippen LogP contribution in [0, 0.1) is 11.8 Å². The van der Waals surface area contributed by atoms with E-state index in [-0.39, 0.29) is 0 Å². The first kappa shape index (κ1) is 17.4. The zero-order valence-corrected chi connectivity index (χ0v) is 14.6. The molecule has 0 atom stereocenters. The van der Waals surface area contributed by atoms with Crippen LogP contribution in [-0.2, 0) is 0 Å². The number of rotatable bonds is 4. The minimum Gasteiger partial charge on any atom is -0.0533 e. The van der Waals surface area contributed by atoms with Crippen molar-refractivity contribution in [2.45, 2.75) is 122 Å². The Hall–Kier alpha value is 0. The topological polar surface area (TPSA) is 0 Å². The number of hydrogen-bond donors (Lipinski definition) is 0. The van der Waals surface area contributed by atoms with Crippen molar-refractivity contribution in [2.75, 3.05) is 0 Å². The summed E-state index contributed by atoms with van der Waals surface area (Å²) in [7, 11) is 0. The molecule has 2 fully saturated rings. The molecule has 0 aromatic rings. The van der Waals surface area contributed by atoms with Gasteiger partial charge in [-0.05, 0) is 11.8 Å². The first-order chi connectivity index (χ1) is 10.4. The van der Waals surface area contributed by atoms with Crippen molar-refractivity contribution >= 4 is 0 Å². The highest BCUT2D eigenvalue weighted by Crippen LogP contribution is 2.29. The molecule has 2 rings (SSSR count). The first-order valence-electron chi connectivity index (χ1n) is 10.4.